The van der Waals surface area contributed by atoms with Gasteiger partial charge in [-0.1, -0.05) is 224 Å². The van der Waals surface area contributed by atoms with Gasteiger partial charge >= 0.3 is 11.9 Å². The lowest BCUT2D eigenvalue weighted by Crippen LogP contribution is -2.61. The number of esters is 2. The van der Waals surface area contributed by atoms with Crippen molar-refractivity contribution < 1.29 is 73.8 Å². The predicted molar refractivity (Wildman–Crippen MR) is 317 cm³/mol. The Morgan fingerprint density at radius 2 is 0.750 bits per heavy atom. The van der Waals surface area contributed by atoms with E-state index in [1.807, 2.05) is 0 Å². The quantitative estimate of drug-likeness (QED) is 0.0171. The van der Waals surface area contributed by atoms with Crippen molar-refractivity contribution in [2.45, 2.75) is 338 Å². The lowest BCUT2D eigenvalue weighted by atomic mass is 9.98. The van der Waals surface area contributed by atoms with E-state index >= 15 is 0 Å². The summed E-state index contributed by atoms with van der Waals surface area (Å²) < 4.78 is 33.8. The van der Waals surface area contributed by atoms with Gasteiger partial charge in [0.05, 0.1) is 19.8 Å². The third-order valence-electron chi connectivity index (χ3n) is 15.6. The molecule has 0 aliphatic carbocycles. The molecule has 2 aliphatic heterocycles. The number of carbonyl (C=O) groups is 2. The van der Waals surface area contributed by atoms with Crippen LogP contribution in [0.5, 0.6) is 0 Å². The van der Waals surface area contributed by atoms with Crippen LogP contribution in [0.1, 0.15) is 271 Å². The van der Waals surface area contributed by atoms with E-state index in [1.54, 1.807) is 0 Å². The Labute approximate surface area is 485 Å². The summed E-state index contributed by atoms with van der Waals surface area (Å²) in [4.78, 5) is 26.0. The van der Waals surface area contributed by atoms with Crippen molar-refractivity contribution in [2.75, 3.05) is 26.4 Å². The third kappa shape index (κ3) is 37.1. The van der Waals surface area contributed by atoms with Crippen molar-refractivity contribution in [3.8, 4) is 0 Å². The summed E-state index contributed by atoms with van der Waals surface area (Å²) in [5, 5.41) is 72.5. The van der Waals surface area contributed by atoms with Gasteiger partial charge in [-0.25, -0.2) is 0 Å². The Bertz CT molecular complexity index is 1530. The SMILES string of the molecule is CCCCCCC/C=C\C/C=C\CCCCCCCCCCCC(=O)OC(COC(=O)CCCCCCCCCCCCC/C=C\CCCCCCCCCC)COC1OC(COC2OC(CO)C(O)C(O)C2O)C(O)C(O)C1O. The van der Waals surface area contributed by atoms with Crippen LogP contribution in [0.15, 0.2) is 36.5 Å². The number of aliphatic hydroxyl groups is 7. The van der Waals surface area contributed by atoms with Gasteiger partial charge in [0.2, 0.25) is 0 Å². The maximum absolute atomic E-state index is 13.1. The van der Waals surface area contributed by atoms with E-state index in [0.717, 1.165) is 57.8 Å². The first-order valence-corrected chi connectivity index (χ1v) is 32.6. The average Bonchev–Trinajstić information content (AvgIpc) is 3.52. The van der Waals surface area contributed by atoms with Crippen LogP contribution < -0.4 is 0 Å². The van der Waals surface area contributed by atoms with E-state index in [2.05, 4.69) is 50.3 Å². The lowest BCUT2D eigenvalue weighted by molar-refractivity contribution is -0.332. The molecular weight excluding hydrogens is 1020 g/mol. The Hall–Kier alpha value is -2.28. The minimum atomic E-state index is -1.77. The van der Waals surface area contributed by atoms with Crippen LogP contribution in [-0.4, -0.2) is 142 Å². The smallest absolute Gasteiger partial charge is 0.306 e. The molecule has 80 heavy (non-hydrogen) atoms. The highest BCUT2D eigenvalue weighted by molar-refractivity contribution is 5.70. The van der Waals surface area contributed by atoms with Crippen LogP contribution in [0.2, 0.25) is 0 Å². The van der Waals surface area contributed by atoms with Crippen LogP contribution in [0.4, 0.5) is 0 Å². The molecule has 11 atom stereocenters. The number of ether oxygens (including phenoxy) is 6. The van der Waals surface area contributed by atoms with Crippen molar-refractivity contribution in [2.24, 2.45) is 0 Å². The normalized spacial score (nSPS) is 23.9. The maximum atomic E-state index is 13.1. The van der Waals surface area contributed by atoms with E-state index in [0.29, 0.717) is 12.8 Å². The largest absolute Gasteiger partial charge is 0.462 e. The molecule has 15 heteroatoms. The van der Waals surface area contributed by atoms with Crippen LogP contribution >= 0.6 is 0 Å². The van der Waals surface area contributed by atoms with E-state index in [9.17, 15) is 45.3 Å². The second-order valence-electron chi connectivity index (χ2n) is 22.9. The lowest BCUT2D eigenvalue weighted by Gasteiger charge is -2.42. The Morgan fingerprint density at radius 3 is 1.18 bits per heavy atom. The second-order valence-corrected chi connectivity index (χ2v) is 22.9. The van der Waals surface area contributed by atoms with E-state index in [1.165, 1.54) is 173 Å². The molecule has 15 nitrogen and oxygen atoms in total. The zero-order valence-electron chi connectivity index (χ0n) is 50.3. The summed E-state index contributed by atoms with van der Waals surface area (Å²) >= 11 is 0. The van der Waals surface area contributed by atoms with Gasteiger partial charge in [-0.3, -0.25) is 9.59 Å². The molecule has 0 spiro atoms. The number of hydrogen-bond donors (Lipinski definition) is 7. The standard InChI is InChI=1S/C65H118O15/c1-3-5-7-9-11-13-15-17-19-21-23-25-26-28-29-31-33-35-37-39-41-43-45-47-56(67)75-50-53(51-76-64-63(74)61(72)59(70)55(80-64)52-77-65-62(73)60(71)58(69)54(49-66)79-65)78-57(68)48-46-44-42-40-38-36-34-32-30-27-24-22-20-18-16-14-12-10-8-6-4-2/h16,18,21-24,53-55,58-66,69-74H,3-15,17,19-20,25-52H2,1-2H3/b18-16-,23-21-,24-22-. The molecule has 0 saturated carbocycles. The molecule has 2 fully saturated rings. The zero-order valence-corrected chi connectivity index (χ0v) is 50.3. The highest BCUT2D eigenvalue weighted by atomic mass is 16.7. The molecule has 0 bridgehead atoms. The number of hydrogen-bond acceptors (Lipinski definition) is 15. The van der Waals surface area contributed by atoms with Crippen LogP contribution in [0.3, 0.4) is 0 Å². The monoisotopic (exact) mass is 1140 g/mol. The zero-order chi connectivity index (χ0) is 58.1. The van der Waals surface area contributed by atoms with Gasteiger partial charge in [0, 0.05) is 12.8 Å². The van der Waals surface area contributed by atoms with Crippen LogP contribution in [0.25, 0.3) is 0 Å². The summed E-state index contributed by atoms with van der Waals surface area (Å²) in [6.07, 6.45) is 43.0. The number of carbonyl (C=O) groups excluding carboxylic acids is 2. The number of aliphatic hydroxyl groups excluding tert-OH is 7. The van der Waals surface area contributed by atoms with Gasteiger partial charge in [-0.05, 0) is 70.6 Å². The summed E-state index contributed by atoms with van der Waals surface area (Å²) in [6, 6.07) is 0. The average molecular weight is 1140 g/mol. The van der Waals surface area contributed by atoms with Gasteiger partial charge in [0.15, 0.2) is 18.7 Å². The highest BCUT2D eigenvalue weighted by Crippen LogP contribution is 2.27. The fourth-order valence-corrected chi connectivity index (χ4v) is 10.3. The summed E-state index contributed by atoms with van der Waals surface area (Å²) in [6.45, 7) is 2.63. The van der Waals surface area contributed by atoms with Gasteiger partial charge < -0.3 is 64.2 Å². The molecule has 0 amide bonds. The molecule has 0 aromatic rings. The van der Waals surface area contributed by atoms with Gasteiger partial charge in [-0.2, -0.15) is 0 Å². The number of unbranched alkanes of at least 4 members (excludes halogenated alkanes) is 33. The Kier molecular flexibility index (Phi) is 47.2. The van der Waals surface area contributed by atoms with Gasteiger partial charge in [0.25, 0.3) is 0 Å². The molecule has 2 heterocycles. The van der Waals surface area contributed by atoms with E-state index in [-0.39, 0.29) is 26.1 Å². The minimum Gasteiger partial charge on any atom is -0.462 e. The molecule has 2 saturated heterocycles. The van der Waals surface area contributed by atoms with Crippen molar-refractivity contribution in [3.05, 3.63) is 36.5 Å². The Balaban J connectivity index is 1.70. The number of allylic oxidation sites excluding steroid dienone is 6. The molecule has 2 rings (SSSR count). The first-order valence-electron chi connectivity index (χ1n) is 32.6. The fraction of sp³-hybridized carbons (Fsp3) is 0.877. The first-order chi connectivity index (χ1) is 39.0. The molecule has 2 aliphatic rings. The molecule has 7 N–H and O–H groups in total. The highest BCUT2D eigenvalue weighted by Gasteiger charge is 2.47. The third-order valence-corrected chi connectivity index (χ3v) is 15.6. The van der Waals surface area contributed by atoms with Gasteiger partial charge in [0.1, 0.15) is 55.4 Å². The van der Waals surface area contributed by atoms with Crippen molar-refractivity contribution in [1.82, 2.24) is 0 Å². The topological polar surface area (TPSA) is 231 Å². The summed E-state index contributed by atoms with van der Waals surface area (Å²) in [5.74, 6) is -0.919. The minimum absolute atomic E-state index is 0.162. The van der Waals surface area contributed by atoms with Crippen molar-refractivity contribution in [3.63, 3.8) is 0 Å². The summed E-state index contributed by atoms with van der Waals surface area (Å²) in [7, 11) is 0. The maximum Gasteiger partial charge on any atom is 0.306 e. The second kappa shape index (κ2) is 51.2. The van der Waals surface area contributed by atoms with Crippen molar-refractivity contribution >= 4 is 11.9 Å². The van der Waals surface area contributed by atoms with Gasteiger partial charge in [-0.15, -0.1) is 0 Å². The molecule has 0 radical (unpaired) electrons. The number of rotatable bonds is 53. The molecule has 468 valence electrons. The molecular formula is C65H118O15. The molecule has 11 unspecified atom stereocenters. The van der Waals surface area contributed by atoms with Crippen molar-refractivity contribution in [1.29, 1.82) is 0 Å². The Morgan fingerprint density at radius 1 is 0.400 bits per heavy atom. The van der Waals surface area contributed by atoms with Crippen LogP contribution in [0, 0.1) is 0 Å². The van der Waals surface area contributed by atoms with E-state index in [4.69, 9.17) is 28.4 Å². The predicted octanol–water partition coefficient (Wildman–Crippen LogP) is 12.4. The summed E-state index contributed by atoms with van der Waals surface area (Å²) in [5.41, 5.74) is 0. The van der Waals surface area contributed by atoms with E-state index < -0.39 is 92.7 Å². The molecule has 0 aromatic carbocycles. The van der Waals surface area contributed by atoms with Crippen LogP contribution in [-0.2, 0) is 38.0 Å². The first kappa shape index (κ1) is 73.8. The fourth-order valence-electron chi connectivity index (χ4n) is 10.3. The molecule has 0 aromatic heterocycles.